The van der Waals surface area contributed by atoms with Crippen LogP contribution in [0.4, 0.5) is 0 Å². The molecule has 0 heterocycles. The van der Waals surface area contributed by atoms with E-state index in [2.05, 4.69) is 49.5 Å². The van der Waals surface area contributed by atoms with Gasteiger partial charge in [0.2, 0.25) is 0 Å². The topological polar surface area (TPSA) is 71.3 Å². The minimum Gasteiger partial charge on any atom is -0.381 e. The second-order valence-corrected chi connectivity index (χ2v) is 8.88. The van der Waals surface area contributed by atoms with Gasteiger partial charge in [-0.2, -0.15) is 0 Å². The Hall–Kier alpha value is -1.14. The molecule has 0 aromatic heterocycles. The summed E-state index contributed by atoms with van der Waals surface area (Å²) in [4.78, 5) is 0. The average molecular weight is 409 g/mol. The summed E-state index contributed by atoms with van der Waals surface area (Å²) < 4.78 is 5.98. The largest absolute Gasteiger partial charge is 0.381 e. The molecule has 0 aliphatic rings. The third-order valence-electron chi connectivity index (χ3n) is 5.32. The van der Waals surface area contributed by atoms with Crippen LogP contribution in [0.3, 0.4) is 0 Å². The van der Waals surface area contributed by atoms with Crippen LogP contribution in [0.5, 0.6) is 0 Å². The van der Waals surface area contributed by atoms with Crippen molar-refractivity contribution in [2.45, 2.75) is 65.3 Å². The first kappa shape index (κ1) is 27.9. The Morgan fingerprint density at radius 3 is 2.52 bits per heavy atom. The van der Waals surface area contributed by atoms with Gasteiger partial charge in [-0.05, 0) is 76.9 Å². The molecule has 0 radical (unpaired) electrons. The monoisotopic (exact) mass is 408 g/mol. The van der Waals surface area contributed by atoms with E-state index in [0.717, 1.165) is 77.2 Å². The molecule has 29 heavy (non-hydrogen) atoms. The van der Waals surface area contributed by atoms with Gasteiger partial charge in [0.25, 0.3) is 0 Å². The van der Waals surface area contributed by atoms with Crippen LogP contribution in [0.25, 0.3) is 0 Å². The van der Waals surface area contributed by atoms with Crippen LogP contribution in [0.15, 0.2) is 37.1 Å². The minimum atomic E-state index is 0.0856. The van der Waals surface area contributed by atoms with Crippen LogP contribution < -0.4 is 21.7 Å². The molecule has 0 spiro atoms. The van der Waals surface area contributed by atoms with Crippen molar-refractivity contribution in [3.8, 4) is 0 Å². The van der Waals surface area contributed by atoms with Gasteiger partial charge in [0.05, 0.1) is 13.3 Å². The average Bonchev–Trinajstić information content (AvgIpc) is 2.66. The van der Waals surface area contributed by atoms with E-state index in [1.807, 2.05) is 20.0 Å². The summed E-state index contributed by atoms with van der Waals surface area (Å²) in [5.74, 6) is 0.514. The molecule has 0 saturated carbocycles. The molecule has 5 heteroatoms. The highest BCUT2D eigenvalue weighted by atomic mass is 16.5. The summed E-state index contributed by atoms with van der Waals surface area (Å²) >= 11 is 0. The third kappa shape index (κ3) is 15.4. The highest BCUT2D eigenvalue weighted by Crippen LogP contribution is 2.35. The number of rotatable bonds is 20. The fourth-order valence-electron chi connectivity index (χ4n) is 3.18. The second-order valence-electron chi connectivity index (χ2n) is 8.88. The van der Waals surface area contributed by atoms with Gasteiger partial charge in [0, 0.05) is 18.3 Å². The van der Waals surface area contributed by atoms with Crippen LogP contribution in [-0.2, 0) is 4.74 Å². The van der Waals surface area contributed by atoms with Crippen LogP contribution >= 0.6 is 0 Å². The molecule has 170 valence electrons. The fraction of sp³-hybridized carbons (Fsp3) is 0.750. The number of nitrogens with one attached hydrogen (secondary N) is 3. The maximum Gasteiger partial charge on any atom is 0.0647 e. The zero-order chi connectivity index (χ0) is 22.1. The smallest absolute Gasteiger partial charge is 0.0647 e. The lowest BCUT2D eigenvalue weighted by molar-refractivity contribution is 0.0232. The molecule has 2 atom stereocenters. The van der Waals surface area contributed by atoms with Gasteiger partial charge in [-0.25, -0.2) is 0 Å². The van der Waals surface area contributed by atoms with Crippen LogP contribution in [0.2, 0.25) is 0 Å². The quantitative estimate of drug-likeness (QED) is 0.139. The first-order valence-corrected chi connectivity index (χ1v) is 11.1. The molecule has 0 rings (SSSR count). The van der Waals surface area contributed by atoms with Crippen LogP contribution in [-0.4, -0.2) is 46.1 Å². The predicted octanol–water partition coefficient (Wildman–Crippen LogP) is 3.95. The SMILES string of the molecule is C=CCCNCCC(CC(=C)CCC(=C)NCNC)C(C)(C)COCCC(C)N. The highest BCUT2D eigenvalue weighted by molar-refractivity contribution is 5.03. The number of hydrogen-bond donors (Lipinski definition) is 4. The van der Waals surface area contributed by atoms with Crippen molar-refractivity contribution < 1.29 is 4.74 Å². The molecular formula is C24H48N4O. The molecule has 0 aliphatic heterocycles. The van der Waals surface area contributed by atoms with E-state index in [1.165, 1.54) is 5.57 Å². The first-order chi connectivity index (χ1) is 13.7. The standard InChI is InChI=1S/C24H48N4O/c1-8-9-14-27-15-12-23(24(5,6)18-29-16-13-21(3)25)17-20(2)10-11-22(4)28-19-26-7/h8,21,23,26-28H,1-2,4,9-19,25H2,3,5-7H3. The molecule has 0 saturated heterocycles. The van der Waals surface area contributed by atoms with Gasteiger partial charge in [-0.1, -0.05) is 38.7 Å². The Morgan fingerprint density at radius 1 is 1.17 bits per heavy atom. The number of allylic oxidation sites excluding steroid dienone is 2. The van der Waals surface area contributed by atoms with Gasteiger partial charge < -0.3 is 26.4 Å². The Bertz CT molecular complexity index is 460. The van der Waals surface area contributed by atoms with E-state index >= 15 is 0 Å². The van der Waals surface area contributed by atoms with Crippen molar-refractivity contribution in [3.05, 3.63) is 37.1 Å². The molecule has 0 amide bonds. The lowest BCUT2D eigenvalue weighted by Gasteiger charge is -2.35. The van der Waals surface area contributed by atoms with Crippen molar-refractivity contribution in [1.29, 1.82) is 0 Å². The number of ether oxygens (including phenoxy) is 1. The maximum absolute atomic E-state index is 5.98. The van der Waals surface area contributed by atoms with Crippen molar-refractivity contribution in [1.82, 2.24) is 16.0 Å². The van der Waals surface area contributed by atoms with E-state index in [9.17, 15) is 0 Å². The van der Waals surface area contributed by atoms with E-state index in [1.54, 1.807) is 0 Å². The van der Waals surface area contributed by atoms with Crippen molar-refractivity contribution in [3.63, 3.8) is 0 Å². The Labute approximate surface area is 180 Å². The van der Waals surface area contributed by atoms with Crippen molar-refractivity contribution >= 4 is 0 Å². The highest BCUT2D eigenvalue weighted by Gasteiger charge is 2.29. The van der Waals surface area contributed by atoms with Gasteiger partial charge in [0.15, 0.2) is 0 Å². The Balaban J connectivity index is 4.65. The zero-order valence-electron chi connectivity index (χ0n) is 19.6. The number of nitrogens with two attached hydrogens (primary N) is 1. The first-order valence-electron chi connectivity index (χ1n) is 11.1. The maximum atomic E-state index is 5.98. The van der Waals surface area contributed by atoms with Gasteiger partial charge >= 0.3 is 0 Å². The van der Waals surface area contributed by atoms with E-state index in [-0.39, 0.29) is 11.5 Å². The van der Waals surface area contributed by atoms with Gasteiger partial charge in [-0.15, -0.1) is 6.58 Å². The molecule has 0 bridgehead atoms. The van der Waals surface area contributed by atoms with E-state index in [0.29, 0.717) is 5.92 Å². The molecule has 0 fully saturated rings. The summed E-state index contributed by atoms with van der Waals surface area (Å²) in [7, 11) is 1.92. The molecule has 5 N–H and O–H groups in total. The Kier molecular flexibility index (Phi) is 16.0. The van der Waals surface area contributed by atoms with Crippen LogP contribution in [0, 0.1) is 11.3 Å². The molecule has 0 aromatic carbocycles. The lowest BCUT2D eigenvalue weighted by Crippen LogP contribution is -2.33. The molecule has 5 nitrogen and oxygen atoms in total. The third-order valence-corrected chi connectivity index (χ3v) is 5.32. The van der Waals surface area contributed by atoms with Crippen molar-refractivity contribution in [2.24, 2.45) is 17.1 Å². The number of hydrogen-bond acceptors (Lipinski definition) is 5. The molecular weight excluding hydrogens is 360 g/mol. The van der Waals surface area contributed by atoms with E-state index < -0.39 is 0 Å². The minimum absolute atomic E-state index is 0.0856. The zero-order valence-corrected chi connectivity index (χ0v) is 19.6. The van der Waals surface area contributed by atoms with Gasteiger partial charge in [-0.3, -0.25) is 0 Å². The molecule has 2 unspecified atom stereocenters. The summed E-state index contributed by atoms with van der Waals surface area (Å²) in [6, 6.07) is 0.187. The summed E-state index contributed by atoms with van der Waals surface area (Å²) in [6.45, 7) is 23.1. The lowest BCUT2D eigenvalue weighted by atomic mass is 9.74. The van der Waals surface area contributed by atoms with Crippen molar-refractivity contribution in [2.75, 3.05) is 40.0 Å². The summed E-state index contributed by atoms with van der Waals surface area (Å²) in [5.41, 5.74) is 8.27. The van der Waals surface area contributed by atoms with Crippen LogP contribution in [0.1, 0.15) is 59.3 Å². The molecule has 0 aromatic rings. The fourth-order valence-corrected chi connectivity index (χ4v) is 3.18. The van der Waals surface area contributed by atoms with Gasteiger partial charge in [0.1, 0.15) is 0 Å². The van der Waals surface area contributed by atoms with E-state index in [4.69, 9.17) is 10.5 Å². The summed E-state index contributed by atoms with van der Waals surface area (Å²) in [6.07, 6.45) is 7.89. The molecule has 0 aliphatic carbocycles. The predicted molar refractivity (Wildman–Crippen MR) is 128 cm³/mol. The second kappa shape index (κ2) is 16.6. The Morgan fingerprint density at radius 2 is 1.90 bits per heavy atom. The summed E-state index contributed by atoms with van der Waals surface area (Å²) in [5, 5.41) is 9.88. The normalized spacial score (nSPS) is 13.7.